The van der Waals surface area contributed by atoms with Crippen LogP contribution in [-0.2, 0) is 6.54 Å². The quantitative estimate of drug-likeness (QED) is 0.865. The number of fused-ring (bicyclic) bond motifs is 1. The second-order valence-electron chi connectivity index (χ2n) is 5.58. The first-order chi connectivity index (χ1) is 8.99. The molecule has 0 spiro atoms. The third-order valence-corrected chi connectivity index (χ3v) is 4.09. The van der Waals surface area contributed by atoms with E-state index in [4.69, 9.17) is 0 Å². The molecule has 1 heterocycles. The third kappa shape index (κ3) is 2.80. The highest BCUT2D eigenvalue weighted by Crippen LogP contribution is 2.20. The van der Waals surface area contributed by atoms with Gasteiger partial charge in [0.25, 0.3) is 0 Å². The van der Waals surface area contributed by atoms with Crippen molar-refractivity contribution in [2.45, 2.75) is 39.3 Å². The van der Waals surface area contributed by atoms with Gasteiger partial charge in [-0.1, -0.05) is 0 Å². The molecule has 0 aliphatic carbocycles. The van der Waals surface area contributed by atoms with Crippen LogP contribution in [0.3, 0.4) is 0 Å². The number of aromatic nitrogens is 2. The first-order valence-electron chi connectivity index (χ1n) is 6.71. The predicted octanol–water partition coefficient (Wildman–Crippen LogP) is 2.01. The first kappa shape index (κ1) is 14.0. The molecule has 2 aromatic rings. The van der Waals surface area contributed by atoms with Crippen LogP contribution in [0.4, 0.5) is 0 Å². The summed E-state index contributed by atoms with van der Waals surface area (Å²) in [5.74, 6) is 0. The van der Waals surface area contributed by atoms with Crippen LogP contribution >= 0.6 is 0 Å². The van der Waals surface area contributed by atoms with Crippen molar-refractivity contribution in [3.8, 4) is 0 Å². The molecule has 1 aromatic carbocycles. The van der Waals surface area contributed by atoms with Gasteiger partial charge in [0.2, 0.25) is 0 Å². The molecule has 0 saturated heterocycles. The van der Waals surface area contributed by atoms with E-state index in [-0.39, 0.29) is 12.1 Å². The van der Waals surface area contributed by atoms with Gasteiger partial charge >= 0.3 is 0 Å². The van der Waals surface area contributed by atoms with E-state index in [2.05, 4.69) is 40.8 Å². The number of nitrogens with zero attached hydrogens (tertiary/aromatic N) is 2. The minimum atomic E-state index is -0.240. The van der Waals surface area contributed by atoms with Gasteiger partial charge in [0.05, 0.1) is 24.0 Å². The number of aliphatic hydroxyl groups is 1. The molecule has 4 heteroatoms. The zero-order valence-electron chi connectivity index (χ0n) is 12.2. The number of hydrogen-bond acceptors (Lipinski definition) is 3. The van der Waals surface area contributed by atoms with Gasteiger partial charge in [0, 0.05) is 12.1 Å². The Morgan fingerprint density at radius 3 is 2.63 bits per heavy atom. The van der Waals surface area contributed by atoms with Crippen LogP contribution in [0.15, 0.2) is 18.5 Å². The van der Waals surface area contributed by atoms with Gasteiger partial charge in [0.15, 0.2) is 0 Å². The first-order valence-corrected chi connectivity index (χ1v) is 6.71. The van der Waals surface area contributed by atoms with E-state index < -0.39 is 0 Å². The topological polar surface area (TPSA) is 50.1 Å². The van der Waals surface area contributed by atoms with Crippen LogP contribution in [0, 0.1) is 13.8 Å². The van der Waals surface area contributed by atoms with Crippen molar-refractivity contribution in [1.82, 2.24) is 14.9 Å². The number of imidazole rings is 1. The van der Waals surface area contributed by atoms with Crippen molar-refractivity contribution in [2.75, 3.05) is 13.7 Å². The van der Waals surface area contributed by atoms with Crippen LogP contribution in [0.1, 0.15) is 24.5 Å². The highest BCUT2D eigenvalue weighted by Gasteiger charge is 2.20. The number of aryl methyl sites for hydroxylation is 3. The molecule has 0 saturated carbocycles. The van der Waals surface area contributed by atoms with Gasteiger partial charge in [-0.15, -0.1) is 0 Å². The summed E-state index contributed by atoms with van der Waals surface area (Å²) in [6.07, 6.45) is 2.75. The summed E-state index contributed by atoms with van der Waals surface area (Å²) in [6.45, 7) is 7.24. The number of hydrogen-bond donors (Lipinski definition) is 2. The Labute approximate surface area is 114 Å². The van der Waals surface area contributed by atoms with E-state index in [1.807, 2.05) is 20.3 Å². The van der Waals surface area contributed by atoms with Crippen molar-refractivity contribution in [1.29, 1.82) is 0 Å². The standard InChI is InChI=1S/C15H23N3O/c1-11-7-13-14(8-12(11)2)18(10-17-13)6-5-15(3,9-19)16-4/h7-8,10,16,19H,5-6,9H2,1-4H3. The Morgan fingerprint density at radius 1 is 1.32 bits per heavy atom. The van der Waals surface area contributed by atoms with Crippen LogP contribution in [0.5, 0.6) is 0 Å². The smallest absolute Gasteiger partial charge is 0.0958 e. The van der Waals surface area contributed by atoms with Crippen molar-refractivity contribution in [3.63, 3.8) is 0 Å². The molecule has 0 aliphatic rings. The molecule has 0 amide bonds. The van der Waals surface area contributed by atoms with Gasteiger partial charge in [-0.25, -0.2) is 4.98 Å². The summed E-state index contributed by atoms with van der Waals surface area (Å²) in [5.41, 5.74) is 4.52. The highest BCUT2D eigenvalue weighted by molar-refractivity contribution is 5.77. The molecule has 0 radical (unpaired) electrons. The lowest BCUT2D eigenvalue weighted by atomic mass is 9.99. The summed E-state index contributed by atoms with van der Waals surface area (Å²) in [6, 6.07) is 4.32. The highest BCUT2D eigenvalue weighted by atomic mass is 16.3. The molecule has 2 rings (SSSR count). The number of rotatable bonds is 5. The predicted molar refractivity (Wildman–Crippen MR) is 78.4 cm³/mol. The second-order valence-corrected chi connectivity index (χ2v) is 5.58. The fourth-order valence-electron chi connectivity index (χ4n) is 2.14. The summed E-state index contributed by atoms with van der Waals surface area (Å²) in [7, 11) is 1.88. The van der Waals surface area contributed by atoms with Gasteiger partial charge in [-0.2, -0.15) is 0 Å². The van der Waals surface area contributed by atoms with E-state index in [9.17, 15) is 5.11 Å². The van der Waals surface area contributed by atoms with E-state index in [0.29, 0.717) is 0 Å². The summed E-state index contributed by atoms with van der Waals surface area (Å²) >= 11 is 0. The minimum absolute atomic E-state index is 0.133. The number of benzene rings is 1. The Bertz CT molecular complexity index is 570. The lowest BCUT2D eigenvalue weighted by molar-refractivity contribution is 0.169. The van der Waals surface area contributed by atoms with Crippen LogP contribution in [0.2, 0.25) is 0 Å². The Hall–Kier alpha value is -1.39. The normalized spacial score (nSPS) is 14.8. The fraction of sp³-hybridized carbons (Fsp3) is 0.533. The van der Waals surface area contributed by atoms with Gasteiger partial charge in [-0.05, 0) is 57.5 Å². The number of nitrogens with one attached hydrogen (secondary N) is 1. The molecule has 0 fully saturated rings. The third-order valence-electron chi connectivity index (χ3n) is 4.09. The second kappa shape index (κ2) is 5.31. The average Bonchev–Trinajstić information content (AvgIpc) is 2.79. The number of aliphatic hydroxyl groups excluding tert-OH is 1. The molecule has 1 atom stereocenters. The zero-order valence-corrected chi connectivity index (χ0v) is 12.2. The molecular weight excluding hydrogens is 238 g/mol. The van der Waals surface area contributed by atoms with Crippen molar-refractivity contribution in [2.24, 2.45) is 0 Å². The SMILES string of the molecule is CNC(C)(CO)CCn1cnc2cc(C)c(C)cc21. The zero-order chi connectivity index (χ0) is 14.0. The lowest BCUT2D eigenvalue weighted by Gasteiger charge is -2.26. The van der Waals surface area contributed by atoms with E-state index in [1.54, 1.807) is 0 Å². The summed E-state index contributed by atoms with van der Waals surface area (Å²) in [4.78, 5) is 4.45. The maximum Gasteiger partial charge on any atom is 0.0958 e. The molecule has 0 aliphatic heterocycles. The maximum atomic E-state index is 9.42. The van der Waals surface area contributed by atoms with Crippen molar-refractivity contribution < 1.29 is 5.11 Å². The molecule has 104 valence electrons. The monoisotopic (exact) mass is 261 g/mol. The molecule has 19 heavy (non-hydrogen) atoms. The van der Waals surface area contributed by atoms with Gasteiger partial charge < -0.3 is 15.0 Å². The lowest BCUT2D eigenvalue weighted by Crippen LogP contribution is -2.44. The molecule has 1 aromatic heterocycles. The van der Waals surface area contributed by atoms with Crippen molar-refractivity contribution >= 4 is 11.0 Å². The minimum Gasteiger partial charge on any atom is -0.394 e. The molecule has 0 bridgehead atoms. The molecule has 1 unspecified atom stereocenters. The fourth-order valence-corrected chi connectivity index (χ4v) is 2.14. The number of likely N-dealkylation sites (N-methyl/N-ethyl adjacent to an activating group) is 1. The Morgan fingerprint density at radius 2 is 2.00 bits per heavy atom. The van der Waals surface area contributed by atoms with Gasteiger partial charge in [0.1, 0.15) is 0 Å². The van der Waals surface area contributed by atoms with Crippen LogP contribution < -0.4 is 5.32 Å². The summed E-state index contributed by atoms with van der Waals surface area (Å²) < 4.78 is 2.16. The molecular formula is C15H23N3O. The molecule has 4 nitrogen and oxygen atoms in total. The maximum absolute atomic E-state index is 9.42. The summed E-state index contributed by atoms with van der Waals surface area (Å²) in [5, 5.41) is 12.6. The van der Waals surface area contributed by atoms with Crippen LogP contribution in [-0.4, -0.2) is 33.9 Å². The van der Waals surface area contributed by atoms with Crippen molar-refractivity contribution in [3.05, 3.63) is 29.6 Å². The van der Waals surface area contributed by atoms with E-state index >= 15 is 0 Å². The Balaban J connectivity index is 2.24. The molecule has 2 N–H and O–H groups in total. The van der Waals surface area contributed by atoms with Gasteiger partial charge in [-0.3, -0.25) is 0 Å². The van der Waals surface area contributed by atoms with Crippen LogP contribution in [0.25, 0.3) is 11.0 Å². The van der Waals surface area contributed by atoms with E-state index in [1.165, 1.54) is 16.6 Å². The van der Waals surface area contributed by atoms with E-state index in [0.717, 1.165) is 18.5 Å². The average molecular weight is 261 g/mol. The Kier molecular flexibility index (Phi) is 3.92. The largest absolute Gasteiger partial charge is 0.394 e.